The van der Waals surface area contributed by atoms with Crippen LogP contribution in [0.25, 0.3) is 0 Å². The summed E-state index contributed by atoms with van der Waals surface area (Å²) < 4.78 is 0. The van der Waals surface area contributed by atoms with Crippen molar-refractivity contribution in [2.75, 3.05) is 0 Å². The van der Waals surface area contributed by atoms with Crippen LogP contribution in [0.15, 0.2) is 0 Å². The van der Waals surface area contributed by atoms with Crippen LogP contribution < -0.4 is 11.3 Å². The highest BCUT2D eigenvalue weighted by Crippen LogP contribution is 1.81. The number of hydrogen-bond acceptors (Lipinski definition) is 4. The summed E-state index contributed by atoms with van der Waals surface area (Å²) in [5, 5.41) is 16.3. The lowest BCUT2D eigenvalue weighted by Crippen LogP contribution is -2.46. The van der Waals surface area contributed by atoms with E-state index in [0.29, 0.717) is 0 Å². The lowest BCUT2D eigenvalue weighted by Gasteiger charge is -2.11. The third-order valence-corrected chi connectivity index (χ3v) is 0.273. The largest absolute Gasteiger partial charge is 0.353 e. The Hall–Kier alpha value is -0.160. The van der Waals surface area contributed by atoms with E-state index in [9.17, 15) is 0 Å². The zero-order chi connectivity index (χ0) is 5.21. The fourth-order valence-corrected chi connectivity index (χ4v) is 0. The van der Waals surface area contributed by atoms with Crippen molar-refractivity contribution in [3.05, 3.63) is 0 Å². The Morgan fingerprint density at radius 2 is 1.83 bits per heavy atom. The van der Waals surface area contributed by atoms with Gasteiger partial charge in [0.2, 0.25) is 5.91 Å². The van der Waals surface area contributed by atoms with Crippen molar-refractivity contribution in [1.82, 2.24) is 5.43 Å². The summed E-state index contributed by atoms with van der Waals surface area (Å²) in [5.41, 5.74) is 1.72. The maximum absolute atomic E-state index is 8.15. The average Bonchev–Trinajstić information content (AvgIpc) is 1.35. The summed E-state index contributed by atoms with van der Waals surface area (Å²) in [5.74, 6) is 2.62. The van der Waals surface area contributed by atoms with Gasteiger partial charge in [-0.3, -0.25) is 5.84 Å². The highest BCUT2D eigenvalue weighted by Gasteiger charge is 2.08. The second kappa shape index (κ2) is 1.53. The molecular weight excluding hydrogens is 84.0 g/mol. The zero-order valence-electron chi connectivity index (χ0n) is 3.47. The van der Waals surface area contributed by atoms with Gasteiger partial charge in [0.1, 0.15) is 0 Å². The molecule has 6 heavy (non-hydrogen) atoms. The fourth-order valence-electron chi connectivity index (χ4n) is 0. The quantitative estimate of drug-likeness (QED) is 0.173. The van der Waals surface area contributed by atoms with Crippen LogP contribution in [0.4, 0.5) is 0 Å². The van der Waals surface area contributed by atoms with Crippen molar-refractivity contribution >= 4 is 0 Å². The normalized spacial score (nSPS) is 12.0. The van der Waals surface area contributed by atoms with Gasteiger partial charge in [-0.25, -0.2) is 5.43 Å². The Labute approximate surface area is 35.6 Å². The summed E-state index contributed by atoms with van der Waals surface area (Å²) in [4.78, 5) is 0. The van der Waals surface area contributed by atoms with Gasteiger partial charge < -0.3 is 10.2 Å². The topological polar surface area (TPSA) is 78.5 Å². The molecule has 0 aromatic carbocycles. The first-order valence-corrected chi connectivity index (χ1v) is 1.49. The molecule has 4 nitrogen and oxygen atoms in total. The van der Waals surface area contributed by atoms with Crippen LogP contribution in [-0.2, 0) is 0 Å². The van der Waals surface area contributed by atoms with Gasteiger partial charge in [0.25, 0.3) is 0 Å². The number of rotatable bonds is 1. The molecule has 38 valence electrons. The van der Waals surface area contributed by atoms with E-state index in [1.807, 2.05) is 0 Å². The molecule has 5 N–H and O–H groups in total. The van der Waals surface area contributed by atoms with E-state index in [0.717, 1.165) is 6.92 Å². The molecule has 0 atom stereocenters. The van der Waals surface area contributed by atoms with Gasteiger partial charge in [-0.1, -0.05) is 0 Å². The van der Waals surface area contributed by atoms with Gasteiger partial charge in [-0.05, 0) is 0 Å². The SMILES string of the molecule is CC(O)(O)NN. The van der Waals surface area contributed by atoms with Gasteiger partial charge in [0.05, 0.1) is 0 Å². The van der Waals surface area contributed by atoms with Crippen molar-refractivity contribution in [1.29, 1.82) is 0 Å². The van der Waals surface area contributed by atoms with Gasteiger partial charge in [0.15, 0.2) is 0 Å². The van der Waals surface area contributed by atoms with E-state index in [-0.39, 0.29) is 0 Å². The summed E-state index contributed by atoms with van der Waals surface area (Å²) in [6.45, 7) is 1.12. The smallest absolute Gasteiger partial charge is 0.231 e. The summed E-state index contributed by atoms with van der Waals surface area (Å²) in [6.07, 6.45) is 0. The molecule has 0 saturated carbocycles. The van der Waals surface area contributed by atoms with Crippen LogP contribution in [0.1, 0.15) is 6.92 Å². The molecular formula is C2H8N2O2. The molecule has 0 spiro atoms. The second-order valence-corrected chi connectivity index (χ2v) is 1.17. The summed E-state index contributed by atoms with van der Waals surface area (Å²) in [7, 11) is 0. The standard InChI is InChI=1S/C2H8N2O2/c1-2(5,6)4-3/h4-6H,3H2,1H3. The minimum absolute atomic E-state index is 1.12. The minimum atomic E-state index is -1.93. The molecule has 0 rings (SSSR count). The fraction of sp³-hybridized carbons (Fsp3) is 1.00. The Kier molecular flexibility index (Phi) is 1.48. The number of nitrogens with two attached hydrogens (primary N) is 1. The van der Waals surface area contributed by atoms with E-state index in [2.05, 4.69) is 5.84 Å². The highest BCUT2D eigenvalue weighted by molar-refractivity contribution is 4.39. The predicted molar refractivity (Wildman–Crippen MR) is 20.2 cm³/mol. The summed E-state index contributed by atoms with van der Waals surface area (Å²) >= 11 is 0. The van der Waals surface area contributed by atoms with Crippen LogP contribution in [0.3, 0.4) is 0 Å². The minimum Gasteiger partial charge on any atom is -0.353 e. The average molecular weight is 92.1 g/mol. The van der Waals surface area contributed by atoms with Gasteiger partial charge in [-0.2, -0.15) is 0 Å². The number of nitrogens with one attached hydrogen (secondary N) is 1. The van der Waals surface area contributed by atoms with E-state index in [1.165, 1.54) is 0 Å². The monoisotopic (exact) mass is 92.1 g/mol. The molecule has 0 amide bonds. The predicted octanol–water partition coefficient (Wildman–Crippen LogP) is -1.89. The molecule has 0 aliphatic heterocycles. The van der Waals surface area contributed by atoms with E-state index >= 15 is 0 Å². The van der Waals surface area contributed by atoms with Crippen LogP contribution in [0.5, 0.6) is 0 Å². The van der Waals surface area contributed by atoms with Gasteiger partial charge in [-0.15, -0.1) is 0 Å². The molecule has 0 heterocycles. The molecule has 0 aromatic heterocycles. The molecule has 0 unspecified atom stereocenters. The van der Waals surface area contributed by atoms with E-state index < -0.39 is 5.91 Å². The number of aliphatic hydroxyl groups is 2. The molecule has 0 aromatic rings. The molecule has 0 aliphatic carbocycles. The Morgan fingerprint density at radius 3 is 1.83 bits per heavy atom. The van der Waals surface area contributed by atoms with E-state index in [4.69, 9.17) is 10.2 Å². The number of hydrazine groups is 1. The third-order valence-electron chi connectivity index (χ3n) is 0.273. The van der Waals surface area contributed by atoms with Crippen molar-refractivity contribution in [3.63, 3.8) is 0 Å². The van der Waals surface area contributed by atoms with Crippen LogP contribution in [0.2, 0.25) is 0 Å². The molecule has 0 fully saturated rings. The van der Waals surface area contributed by atoms with Crippen molar-refractivity contribution < 1.29 is 10.2 Å². The maximum atomic E-state index is 8.15. The van der Waals surface area contributed by atoms with E-state index in [1.54, 1.807) is 5.43 Å². The first kappa shape index (κ1) is 5.84. The molecule has 0 aliphatic rings. The Bertz CT molecular complexity index is 39.3. The molecule has 0 saturated heterocycles. The van der Waals surface area contributed by atoms with Crippen molar-refractivity contribution in [2.24, 2.45) is 5.84 Å². The summed E-state index contributed by atoms with van der Waals surface area (Å²) in [6, 6.07) is 0. The van der Waals surface area contributed by atoms with Gasteiger partial charge >= 0.3 is 0 Å². The molecule has 4 heteroatoms. The van der Waals surface area contributed by atoms with Gasteiger partial charge in [0, 0.05) is 6.92 Å². The maximum Gasteiger partial charge on any atom is 0.231 e. The second-order valence-electron chi connectivity index (χ2n) is 1.17. The van der Waals surface area contributed by atoms with Crippen LogP contribution >= 0.6 is 0 Å². The first-order valence-electron chi connectivity index (χ1n) is 1.49. The lowest BCUT2D eigenvalue weighted by molar-refractivity contribution is -0.169. The number of hydrogen-bond donors (Lipinski definition) is 4. The Morgan fingerprint density at radius 1 is 1.67 bits per heavy atom. The zero-order valence-corrected chi connectivity index (χ0v) is 3.47. The molecule has 0 radical (unpaired) electrons. The Balaban J connectivity index is 3.17. The van der Waals surface area contributed by atoms with Crippen molar-refractivity contribution in [2.45, 2.75) is 12.8 Å². The highest BCUT2D eigenvalue weighted by atomic mass is 16.5. The third kappa shape index (κ3) is 3.84. The molecule has 0 bridgehead atoms. The first-order chi connectivity index (χ1) is 2.56. The van der Waals surface area contributed by atoms with Crippen molar-refractivity contribution in [3.8, 4) is 0 Å². The van der Waals surface area contributed by atoms with Crippen LogP contribution in [0, 0.1) is 0 Å². The van der Waals surface area contributed by atoms with Crippen LogP contribution in [-0.4, -0.2) is 16.1 Å². The lowest BCUT2D eigenvalue weighted by atomic mass is 10.6.